The first-order chi connectivity index (χ1) is 3.72. The molecule has 1 rings (SSSR count). The zero-order valence-corrected chi connectivity index (χ0v) is 5.74. The Bertz CT molecular complexity index is 175. The second kappa shape index (κ2) is 2.09. The van der Waals surface area contributed by atoms with Gasteiger partial charge in [0.05, 0.1) is 0 Å². The van der Waals surface area contributed by atoms with E-state index in [1.54, 1.807) is 0 Å². The van der Waals surface area contributed by atoms with E-state index < -0.39 is 0 Å². The third kappa shape index (κ3) is 0.891. The van der Waals surface area contributed by atoms with Crippen LogP contribution in [0.15, 0.2) is 0 Å². The maximum Gasteiger partial charge on any atom is 0.191 e. The molecule has 0 radical (unpaired) electrons. The summed E-state index contributed by atoms with van der Waals surface area (Å²) in [6, 6.07) is 0. The number of nitrogens with zero attached hydrogens (tertiary/aromatic N) is 3. The summed E-state index contributed by atoms with van der Waals surface area (Å²) >= 11 is 15.9. The van der Waals surface area contributed by atoms with Gasteiger partial charge in [-0.2, -0.15) is 0 Å². The summed E-state index contributed by atoms with van der Waals surface area (Å²) in [6.45, 7) is 0. The van der Waals surface area contributed by atoms with Crippen LogP contribution in [-0.2, 0) is 0 Å². The van der Waals surface area contributed by atoms with Crippen molar-refractivity contribution in [2.45, 2.75) is 0 Å². The smallest absolute Gasteiger partial charge is 0.139 e. The van der Waals surface area contributed by atoms with Crippen LogP contribution in [0.4, 0.5) is 0 Å². The maximum atomic E-state index is 5.37. The van der Waals surface area contributed by atoms with Gasteiger partial charge in [-0.15, -0.1) is 9.30 Å². The van der Waals surface area contributed by atoms with E-state index in [0.717, 1.165) is 4.20 Å². The van der Waals surface area contributed by atoms with Crippen LogP contribution in [0.5, 0.6) is 0 Å². The summed E-state index contributed by atoms with van der Waals surface area (Å²) in [5.74, 6) is 0. The first kappa shape index (κ1) is 6.13. The molecule has 0 fully saturated rings. The lowest BCUT2D eigenvalue weighted by Gasteiger charge is -1.79. The highest BCUT2D eigenvalue weighted by atomic mass is 35.5. The molecule has 0 N–H and O–H groups in total. The highest BCUT2D eigenvalue weighted by Crippen LogP contribution is 2.17. The van der Waals surface area contributed by atoms with Crippen LogP contribution in [0.1, 0.15) is 0 Å². The molecule has 6 heteroatoms. The van der Waals surface area contributed by atoms with Crippen LogP contribution in [-0.4, -0.2) is 14.5 Å². The highest BCUT2D eigenvalue weighted by molar-refractivity contribution is 6.42. The Hall–Kier alpha value is 0.01000. The van der Waals surface area contributed by atoms with Gasteiger partial charge in [-0.05, 0) is 5.21 Å². The molecule has 1 aromatic rings. The normalized spacial score (nSPS) is 9.88. The molecule has 0 saturated heterocycles. The van der Waals surface area contributed by atoms with Gasteiger partial charge < -0.3 is 0 Å². The van der Waals surface area contributed by atoms with Crippen LogP contribution >= 0.6 is 35.0 Å². The van der Waals surface area contributed by atoms with Crippen molar-refractivity contribution in [3.8, 4) is 0 Å². The number of hydrogen-bond donors (Lipinski definition) is 0. The van der Waals surface area contributed by atoms with Gasteiger partial charge >= 0.3 is 0 Å². The van der Waals surface area contributed by atoms with Gasteiger partial charge in [0, 0.05) is 11.8 Å². The first-order valence-electron chi connectivity index (χ1n) is 1.64. The third-order valence-corrected chi connectivity index (χ3v) is 1.56. The molecule has 0 amide bonds. The van der Waals surface area contributed by atoms with Crippen molar-refractivity contribution >= 4 is 35.0 Å². The van der Waals surface area contributed by atoms with Crippen molar-refractivity contribution in [2.75, 3.05) is 0 Å². The van der Waals surface area contributed by atoms with Crippen LogP contribution in [0.2, 0.25) is 10.3 Å². The number of hydrogen-bond acceptors (Lipinski definition) is 2. The van der Waals surface area contributed by atoms with E-state index in [0.29, 0.717) is 0 Å². The Balaban J connectivity index is 3.19. The minimum absolute atomic E-state index is 0.113. The molecule has 1 heterocycles. The molecule has 0 saturated carbocycles. The van der Waals surface area contributed by atoms with Crippen molar-refractivity contribution in [1.82, 2.24) is 14.5 Å². The third-order valence-electron chi connectivity index (χ3n) is 0.543. The summed E-state index contributed by atoms with van der Waals surface area (Å²) in [5.41, 5.74) is 0. The van der Waals surface area contributed by atoms with Crippen LogP contribution in [0, 0.1) is 0 Å². The minimum Gasteiger partial charge on any atom is -0.139 e. The Morgan fingerprint density at radius 3 is 2.12 bits per heavy atom. The largest absolute Gasteiger partial charge is 0.191 e. The first-order valence-corrected chi connectivity index (χ1v) is 2.74. The lowest BCUT2D eigenvalue weighted by Crippen LogP contribution is -1.79. The summed E-state index contributed by atoms with van der Waals surface area (Å²) in [6.07, 6.45) is 0. The zero-order valence-electron chi connectivity index (χ0n) is 3.48. The van der Waals surface area contributed by atoms with E-state index in [1.807, 2.05) is 0 Å². The molecular formula is C2Cl3N3. The molecule has 3 nitrogen and oxygen atoms in total. The predicted molar refractivity (Wildman–Crippen MR) is 31.3 cm³/mol. The van der Waals surface area contributed by atoms with Gasteiger partial charge in [0.25, 0.3) is 0 Å². The van der Waals surface area contributed by atoms with Crippen LogP contribution in [0.25, 0.3) is 0 Å². The van der Waals surface area contributed by atoms with Gasteiger partial charge in [-0.25, -0.2) is 0 Å². The Labute approximate surface area is 60.2 Å². The monoisotopic (exact) mass is 171 g/mol. The van der Waals surface area contributed by atoms with Crippen molar-refractivity contribution in [1.29, 1.82) is 0 Å². The summed E-state index contributed by atoms with van der Waals surface area (Å²) in [4.78, 5) is 0. The second-order valence-corrected chi connectivity index (χ2v) is 2.07. The molecular weight excluding hydrogens is 172 g/mol. The van der Waals surface area contributed by atoms with E-state index in [9.17, 15) is 0 Å². The summed E-state index contributed by atoms with van der Waals surface area (Å²) in [5, 5.41) is 6.86. The molecule has 0 atom stereocenters. The summed E-state index contributed by atoms with van der Waals surface area (Å²) < 4.78 is 0.865. The van der Waals surface area contributed by atoms with Gasteiger partial charge in [0.15, 0.2) is 10.3 Å². The maximum absolute atomic E-state index is 5.37. The molecule has 44 valence electrons. The molecule has 0 aromatic carbocycles. The molecule has 0 aliphatic carbocycles. The molecule has 1 aromatic heterocycles. The van der Waals surface area contributed by atoms with Crippen molar-refractivity contribution in [3.63, 3.8) is 0 Å². The van der Waals surface area contributed by atoms with Crippen LogP contribution < -0.4 is 0 Å². The van der Waals surface area contributed by atoms with Crippen LogP contribution in [0.3, 0.4) is 0 Å². The van der Waals surface area contributed by atoms with Gasteiger partial charge in [-0.3, -0.25) is 0 Å². The lowest BCUT2D eigenvalue weighted by atomic mass is 10.9. The van der Waals surface area contributed by atoms with Gasteiger partial charge in [0.2, 0.25) is 0 Å². The molecule has 0 aliphatic heterocycles. The quantitative estimate of drug-likeness (QED) is 0.595. The topological polar surface area (TPSA) is 30.7 Å². The van der Waals surface area contributed by atoms with Crippen molar-refractivity contribution < 1.29 is 0 Å². The SMILES string of the molecule is Clc1nnn(Cl)c1Cl. The number of rotatable bonds is 0. The standard InChI is InChI=1S/C2Cl3N3/c3-1-2(4)8(5)7-6-1. The Morgan fingerprint density at radius 1 is 1.38 bits per heavy atom. The van der Waals surface area contributed by atoms with Gasteiger partial charge in [-0.1, -0.05) is 23.2 Å². The summed E-state index contributed by atoms with van der Waals surface area (Å²) in [7, 11) is 0. The predicted octanol–water partition coefficient (Wildman–Crippen LogP) is 1.59. The average molecular weight is 172 g/mol. The fraction of sp³-hybridized carbons (Fsp3) is 0. The molecule has 8 heavy (non-hydrogen) atoms. The minimum atomic E-state index is 0.113. The fourth-order valence-electron chi connectivity index (χ4n) is 0.235. The average Bonchev–Trinajstić information content (AvgIpc) is 1.98. The molecule has 0 bridgehead atoms. The van der Waals surface area contributed by atoms with Crippen molar-refractivity contribution in [3.05, 3.63) is 10.3 Å². The lowest BCUT2D eigenvalue weighted by molar-refractivity contribution is 0.880. The van der Waals surface area contributed by atoms with E-state index in [1.165, 1.54) is 0 Å². The molecule has 0 aliphatic rings. The van der Waals surface area contributed by atoms with E-state index in [2.05, 4.69) is 10.3 Å². The molecule has 0 spiro atoms. The number of aromatic nitrogens is 3. The number of halogens is 3. The zero-order chi connectivity index (χ0) is 6.15. The Kier molecular flexibility index (Phi) is 1.60. The fourth-order valence-corrected chi connectivity index (χ4v) is 0.578. The Morgan fingerprint density at radius 2 is 2.00 bits per heavy atom. The van der Waals surface area contributed by atoms with Crippen molar-refractivity contribution in [2.24, 2.45) is 0 Å². The second-order valence-electron chi connectivity index (χ2n) is 1.03. The van der Waals surface area contributed by atoms with E-state index >= 15 is 0 Å². The van der Waals surface area contributed by atoms with E-state index in [-0.39, 0.29) is 10.3 Å². The van der Waals surface area contributed by atoms with Gasteiger partial charge in [0.1, 0.15) is 0 Å². The molecule has 0 unspecified atom stereocenters. The van der Waals surface area contributed by atoms with E-state index in [4.69, 9.17) is 35.0 Å². The highest BCUT2D eigenvalue weighted by Gasteiger charge is 2.03.